The standard InChI is InChI=1S/C19H28N6O.ClH/c1-10-17(11(2)25(3)24-10)15-9-16(23-22-15)19(26)21-18-12-5-4-6-13(18)8-14(20)7-12;/h9,12-14,18H,4-8,20H2,1-3H3,(H,21,26)(H,22,23);1H. The summed E-state index contributed by atoms with van der Waals surface area (Å²) in [7, 11) is 1.92. The van der Waals surface area contributed by atoms with E-state index in [1.807, 2.05) is 31.6 Å². The van der Waals surface area contributed by atoms with Crippen LogP contribution in [0.4, 0.5) is 0 Å². The largest absolute Gasteiger partial charge is 0.347 e. The highest BCUT2D eigenvalue weighted by atomic mass is 35.5. The molecule has 2 fully saturated rings. The van der Waals surface area contributed by atoms with Crippen LogP contribution in [0, 0.1) is 25.7 Å². The number of aromatic amines is 1. The summed E-state index contributed by atoms with van der Waals surface area (Å²) in [5.41, 5.74) is 10.4. The van der Waals surface area contributed by atoms with Gasteiger partial charge in [0.25, 0.3) is 5.91 Å². The molecule has 2 unspecified atom stereocenters. The number of carbonyl (C=O) groups excluding carboxylic acids is 1. The number of nitrogens with zero attached hydrogens (tertiary/aromatic N) is 3. The number of rotatable bonds is 3. The SMILES string of the molecule is Cc1nn(C)c(C)c1-c1cc(C(=O)NC2C3CCCC2CC(N)C3)[nH]n1.Cl. The molecule has 1 amide bonds. The zero-order valence-corrected chi connectivity index (χ0v) is 17.0. The molecule has 2 aliphatic carbocycles. The fourth-order valence-corrected chi connectivity index (χ4v) is 4.96. The first kappa shape index (κ1) is 19.9. The number of aryl methyl sites for hydroxylation is 2. The molecule has 2 bridgehead atoms. The van der Waals surface area contributed by atoms with Crippen LogP contribution in [0.3, 0.4) is 0 Å². The molecule has 4 rings (SSSR count). The van der Waals surface area contributed by atoms with Crippen LogP contribution < -0.4 is 11.1 Å². The first-order valence-electron chi connectivity index (χ1n) is 9.56. The maximum absolute atomic E-state index is 12.8. The molecule has 2 aliphatic rings. The summed E-state index contributed by atoms with van der Waals surface area (Å²) in [6, 6.07) is 2.36. The van der Waals surface area contributed by atoms with E-state index in [9.17, 15) is 4.79 Å². The van der Waals surface area contributed by atoms with Crippen molar-refractivity contribution in [3.63, 3.8) is 0 Å². The molecule has 2 aromatic heterocycles. The van der Waals surface area contributed by atoms with Gasteiger partial charge in [-0.25, -0.2) is 0 Å². The molecule has 7 nitrogen and oxygen atoms in total. The van der Waals surface area contributed by atoms with E-state index in [1.165, 1.54) is 6.42 Å². The summed E-state index contributed by atoms with van der Waals surface area (Å²) in [6.45, 7) is 3.97. The van der Waals surface area contributed by atoms with Gasteiger partial charge in [0.1, 0.15) is 5.69 Å². The number of carbonyl (C=O) groups is 1. The van der Waals surface area contributed by atoms with Crippen molar-refractivity contribution in [1.82, 2.24) is 25.3 Å². The lowest BCUT2D eigenvalue weighted by Gasteiger charge is -2.45. The van der Waals surface area contributed by atoms with Gasteiger partial charge in [-0.3, -0.25) is 14.6 Å². The van der Waals surface area contributed by atoms with Gasteiger partial charge >= 0.3 is 0 Å². The lowest BCUT2D eigenvalue weighted by Crippen LogP contribution is -2.53. The molecule has 4 N–H and O–H groups in total. The molecule has 0 aromatic carbocycles. The molecule has 0 radical (unpaired) electrons. The van der Waals surface area contributed by atoms with Crippen molar-refractivity contribution < 1.29 is 4.79 Å². The minimum atomic E-state index is -0.0692. The van der Waals surface area contributed by atoms with Gasteiger partial charge in [-0.05, 0) is 57.4 Å². The molecular formula is C19H29ClN6O. The molecular weight excluding hydrogens is 364 g/mol. The molecule has 0 spiro atoms. The predicted octanol–water partition coefficient (Wildman–Crippen LogP) is 2.48. The zero-order chi connectivity index (χ0) is 18.4. The number of nitrogens with one attached hydrogen (secondary N) is 2. The van der Waals surface area contributed by atoms with E-state index < -0.39 is 0 Å². The van der Waals surface area contributed by atoms with Gasteiger partial charge in [0.15, 0.2) is 0 Å². The normalized spacial score (nSPS) is 27.1. The van der Waals surface area contributed by atoms with E-state index in [1.54, 1.807) is 0 Å². The van der Waals surface area contributed by atoms with Gasteiger partial charge in [-0.2, -0.15) is 10.2 Å². The fourth-order valence-electron chi connectivity index (χ4n) is 4.96. The van der Waals surface area contributed by atoms with E-state index in [0.717, 1.165) is 48.3 Å². The first-order chi connectivity index (χ1) is 12.4. The van der Waals surface area contributed by atoms with Crippen LogP contribution in [0.15, 0.2) is 6.07 Å². The Morgan fingerprint density at radius 3 is 2.56 bits per heavy atom. The Morgan fingerprint density at radius 2 is 1.96 bits per heavy atom. The molecule has 8 heteroatoms. The minimum Gasteiger partial charge on any atom is -0.347 e. The Kier molecular flexibility index (Phi) is 5.63. The van der Waals surface area contributed by atoms with Gasteiger partial charge in [0.2, 0.25) is 0 Å². The summed E-state index contributed by atoms with van der Waals surface area (Å²) >= 11 is 0. The Balaban J connectivity index is 0.00000210. The van der Waals surface area contributed by atoms with E-state index in [-0.39, 0.29) is 30.4 Å². The lowest BCUT2D eigenvalue weighted by atomic mass is 9.67. The maximum atomic E-state index is 12.8. The summed E-state index contributed by atoms with van der Waals surface area (Å²) in [5.74, 6) is 0.943. The highest BCUT2D eigenvalue weighted by molar-refractivity contribution is 5.93. The van der Waals surface area contributed by atoms with Crippen molar-refractivity contribution >= 4 is 18.3 Å². The van der Waals surface area contributed by atoms with Crippen molar-refractivity contribution in [2.24, 2.45) is 24.6 Å². The van der Waals surface area contributed by atoms with E-state index >= 15 is 0 Å². The summed E-state index contributed by atoms with van der Waals surface area (Å²) in [6.07, 6.45) is 5.62. The Hall–Kier alpha value is -1.86. The third kappa shape index (κ3) is 3.62. The molecule has 0 saturated heterocycles. The Labute approximate surface area is 165 Å². The van der Waals surface area contributed by atoms with Gasteiger partial charge in [-0.15, -0.1) is 12.4 Å². The van der Waals surface area contributed by atoms with Gasteiger partial charge in [0.05, 0.1) is 11.4 Å². The third-order valence-corrected chi connectivity index (χ3v) is 6.26. The van der Waals surface area contributed by atoms with Crippen molar-refractivity contribution in [1.29, 1.82) is 0 Å². The lowest BCUT2D eigenvalue weighted by molar-refractivity contribution is 0.0751. The molecule has 0 aliphatic heterocycles. The average molecular weight is 393 g/mol. The van der Waals surface area contributed by atoms with Crippen molar-refractivity contribution in [2.75, 3.05) is 0 Å². The van der Waals surface area contributed by atoms with Crippen LogP contribution >= 0.6 is 12.4 Å². The summed E-state index contributed by atoms with van der Waals surface area (Å²) < 4.78 is 1.84. The van der Waals surface area contributed by atoms with Crippen LogP contribution in [0.1, 0.15) is 54.0 Å². The van der Waals surface area contributed by atoms with Crippen LogP contribution in [0.2, 0.25) is 0 Å². The molecule has 2 atom stereocenters. The van der Waals surface area contributed by atoms with E-state index in [4.69, 9.17) is 5.73 Å². The fraction of sp³-hybridized carbons (Fsp3) is 0.632. The number of H-pyrrole nitrogens is 1. The van der Waals surface area contributed by atoms with Crippen molar-refractivity contribution in [3.8, 4) is 11.3 Å². The third-order valence-electron chi connectivity index (χ3n) is 6.26. The van der Waals surface area contributed by atoms with Crippen molar-refractivity contribution in [2.45, 2.75) is 58.0 Å². The number of hydrogen-bond acceptors (Lipinski definition) is 4. The van der Waals surface area contributed by atoms with Gasteiger partial charge < -0.3 is 11.1 Å². The van der Waals surface area contributed by atoms with Crippen molar-refractivity contribution in [3.05, 3.63) is 23.1 Å². The number of fused-ring (bicyclic) bond motifs is 2. The Bertz CT molecular complexity index is 814. The van der Waals surface area contributed by atoms with E-state index in [0.29, 0.717) is 17.5 Å². The van der Waals surface area contributed by atoms with Gasteiger partial charge in [0, 0.05) is 30.4 Å². The second-order valence-corrected chi connectivity index (χ2v) is 8.02. The monoisotopic (exact) mass is 392 g/mol. The maximum Gasteiger partial charge on any atom is 0.269 e. The Morgan fingerprint density at radius 1 is 1.30 bits per heavy atom. The summed E-state index contributed by atoms with van der Waals surface area (Å²) in [4.78, 5) is 12.8. The highest BCUT2D eigenvalue weighted by Crippen LogP contribution is 2.39. The second kappa shape index (κ2) is 7.64. The van der Waals surface area contributed by atoms with Crippen LogP contribution in [-0.2, 0) is 7.05 Å². The number of halogens is 1. The first-order valence-corrected chi connectivity index (χ1v) is 9.56. The van der Waals surface area contributed by atoms with Crippen LogP contribution in [0.5, 0.6) is 0 Å². The van der Waals surface area contributed by atoms with E-state index in [2.05, 4.69) is 20.6 Å². The molecule has 2 aromatic rings. The van der Waals surface area contributed by atoms with Crippen LogP contribution in [0.25, 0.3) is 11.3 Å². The molecule has 2 saturated carbocycles. The molecule has 27 heavy (non-hydrogen) atoms. The number of hydrogen-bond donors (Lipinski definition) is 3. The number of amides is 1. The van der Waals surface area contributed by atoms with Crippen LogP contribution in [-0.4, -0.2) is 38.0 Å². The predicted molar refractivity (Wildman–Crippen MR) is 107 cm³/mol. The second-order valence-electron chi connectivity index (χ2n) is 8.02. The number of aromatic nitrogens is 4. The topological polar surface area (TPSA) is 102 Å². The molecule has 2 heterocycles. The quantitative estimate of drug-likeness (QED) is 0.746. The molecule has 148 valence electrons. The highest BCUT2D eigenvalue weighted by Gasteiger charge is 2.40. The smallest absolute Gasteiger partial charge is 0.269 e. The number of nitrogens with two attached hydrogens (primary N) is 1. The minimum absolute atomic E-state index is 0. The zero-order valence-electron chi connectivity index (χ0n) is 16.2. The summed E-state index contributed by atoms with van der Waals surface area (Å²) in [5, 5.41) is 15.0. The van der Waals surface area contributed by atoms with Gasteiger partial charge in [-0.1, -0.05) is 6.42 Å². The average Bonchev–Trinajstić information content (AvgIpc) is 3.13.